The second kappa shape index (κ2) is 3.94. The minimum Gasteiger partial charge on any atom is -0.379 e. The summed E-state index contributed by atoms with van der Waals surface area (Å²) in [6, 6.07) is 5.79. The molecule has 1 aliphatic heterocycles. The van der Waals surface area contributed by atoms with Gasteiger partial charge in [0.05, 0.1) is 36.2 Å². The standard InChI is InChI=1S/C12H14N4O/c13-6-12(7-17-8-12)11-15-5-10(16-11)9-3-1-2-4-14-9/h1-5H,6-8,13H2,(H,15,16). The number of aromatic nitrogens is 3. The molecule has 1 aliphatic rings. The first-order chi connectivity index (χ1) is 8.34. The van der Waals surface area contributed by atoms with E-state index in [4.69, 9.17) is 10.5 Å². The van der Waals surface area contributed by atoms with E-state index in [0.29, 0.717) is 19.8 Å². The molecule has 3 heterocycles. The maximum Gasteiger partial charge on any atom is 0.118 e. The minimum absolute atomic E-state index is 0.132. The summed E-state index contributed by atoms with van der Waals surface area (Å²) in [5.74, 6) is 0.895. The van der Waals surface area contributed by atoms with Gasteiger partial charge in [-0.1, -0.05) is 6.07 Å². The van der Waals surface area contributed by atoms with E-state index in [1.54, 1.807) is 12.4 Å². The molecule has 0 aromatic carbocycles. The van der Waals surface area contributed by atoms with Gasteiger partial charge in [0.1, 0.15) is 5.82 Å². The van der Waals surface area contributed by atoms with Gasteiger partial charge in [0, 0.05) is 12.7 Å². The van der Waals surface area contributed by atoms with Crippen molar-refractivity contribution in [3.63, 3.8) is 0 Å². The van der Waals surface area contributed by atoms with Crippen molar-refractivity contribution < 1.29 is 4.74 Å². The number of hydrogen-bond acceptors (Lipinski definition) is 4. The summed E-state index contributed by atoms with van der Waals surface area (Å²) in [5, 5.41) is 0. The number of H-pyrrole nitrogens is 1. The highest BCUT2D eigenvalue weighted by Crippen LogP contribution is 2.30. The topological polar surface area (TPSA) is 76.8 Å². The van der Waals surface area contributed by atoms with Crippen LogP contribution >= 0.6 is 0 Å². The van der Waals surface area contributed by atoms with Gasteiger partial charge in [-0.05, 0) is 12.1 Å². The van der Waals surface area contributed by atoms with Gasteiger partial charge in [-0.25, -0.2) is 4.98 Å². The molecule has 0 radical (unpaired) electrons. The zero-order chi connectivity index (χ0) is 11.7. The lowest BCUT2D eigenvalue weighted by Gasteiger charge is -2.38. The highest BCUT2D eigenvalue weighted by Gasteiger charge is 2.41. The Kier molecular flexibility index (Phi) is 2.42. The van der Waals surface area contributed by atoms with E-state index in [2.05, 4.69) is 15.0 Å². The third-order valence-corrected chi connectivity index (χ3v) is 3.17. The van der Waals surface area contributed by atoms with Gasteiger partial charge in [-0.3, -0.25) is 4.98 Å². The molecule has 0 amide bonds. The van der Waals surface area contributed by atoms with Crippen molar-refractivity contribution in [3.8, 4) is 11.4 Å². The molecule has 0 unspecified atom stereocenters. The normalized spacial score (nSPS) is 17.7. The lowest BCUT2D eigenvalue weighted by Crippen LogP contribution is -2.52. The molecule has 0 saturated carbocycles. The first-order valence-corrected chi connectivity index (χ1v) is 5.59. The Labute approximate surface area is 99.0 Å². The molecule has 0 spiro atoms. The van der Waals surface area contributed by atoms with Gasteiger partial charge in [0.25, 0.3) is 0 Å². The van der Waals surface area contributed by atoms with E-state index < -0.39 is 0 Å². The summed E-state index contributed by atoms with van der Waals surface area (Å²) in [7, 11) is 0. The second-order valence-electron chi connectivity index (χ2n) is 4.34. The van der Waals surface area contributed by atoms with Crippen molar-refractivity contribution >= 4 is 0 Å². The third-order valence-electron chi connectivity index (χ3n) is 3.17. The van der Waals surface area contributed by atoms with Gasteiger partial charge in [-0.15, -0.1) is 0 Å². The van der Waals surface area contributed by atoms with Gasteiger partial charge < -0.3 is 15.5 Å². The number of rotatable bonds is 3. The molecule has 3 rings (SSSR count). The maximum absolute atomic E-state index is 5.79. The van der Waals surface area contributed by atoms with Crippen LogP contribution in [0.3, 0.4) is 0 Å². The van der Waals surface area contributed by atoms with Crippen molar-refractivity contribution in [1.29, 1.82) is 0 Å². The SMILES string of the molecule is NCC1(c2ncc(-c3ccccn3)[nH]2)COC1. The van der Waals surface area contributed by atoms with E-state index in [9.17, 15) is 0 Å². The number of hydrogen-bond donors (Lipinski definition) is 2. The number of nitrogens with two attached hydrogens (primary N) is 1. The van der Waals surface area contributed by atoms with Gasteiger partial charge in [0.15, 0.2) is 0 Å². The van der Waals surface area contributed by atoms with Crippen molar-refractivity contribution in [2.24, 2.45) is 5.73 Å². The predicted molar refractivity (Wildman–Crippen MR) is 63.4 cm³/mol. The Morgan fingerprint density at radius 3 is 2.82 bits per heavy atom. The van der Waals surface area contributed by atoms with Crippen molar-refractivity contribution in [3.05, 3.63) is 36.4 Å². The minimum atomic E-state index is -0.132. The van der Waals surface area contributed by atoms with Crippen molar-refractivity contribution in [1.82, 2.24) is 15.0 Å². The quantitative estimate of drug-likeness (QED) is 0.813. The molecule has 1 fully saturated rings. The monoisotopic (exact) mass is 230 g/mol. The zero-order valence-corrected chi connectivity index (χ0v) is 9.39. The number of ether oxygens (including phenoxy) is 1. The molecule has 0 bridgehead atoms. The Morgan fingerprint density at radius 2 is 2.24 bits per heavy atom. The maximum atomic E-state index is 5.79. The average Bonchev–Trinajstić information content (AvgIpc) is 2.80. The summed E-state index contributed by atoms with van der Waals surface area (Å²) < 4.78 is 5.24. The smallest absolute Gasteiger partial charge is 0.118 e. The van der Waals surface area contributed by atoms with Gasteiger partial charge >= 0.3 is 0 Å². The van der Waals surface area contributed by atoms with Crippen LogP contribution in [0.5, 0.6) is 0 Å². The fourth-order valence-corrected chi connectivity index (χ4v) is 1.94. The second-order valence-corrected chi connectivity index (χ2v) is 4.34. The Morgan fingerprint density at radius 1 is 1.35 bits per heavy atom. The molecule has 17 heavy (non-hydrogen) atoms. The van der Waals surface area contributed by atoms with E-state index in [0.717, 1.165) is 17.2 Å². The molecule has 0 aliphatic carbocycles. The summed E-state index contributed by atoms with van der Waals surface area (Å²) in [5.41, 5.74) is 7.47. The molecule has 0 atom stereocenters. The predicted octanol–water partition coefficient (Wildman–Crippen LogP) is 0.698. The molecule has 1 saturated heterocycles. The van der Waals surface area contributed by atoms with Crippen LogP contribution in [0.4, 0.5) is 0 Å². The average molecular weight is 230 g/mol. The van der Waals surface area contributed by atoms with Gasteiger partial charge in [0.2, 0.25) is 0 Å². The summed E-state index contributed by atoms with van der Waals surface area (Å²) in [6.45, 7) is 1.82. The lowest BCUT2D eigenvalue weighted by molar-refractivity contribution is -0.0589. The zero-order valence-electron chi connectivity index (χ0n) is 9.39. The molecule has 3 N–H and O–H groups in total. The lowest BCUT2D eigenvalue weighted by atomic mass is 9.85. The van der Waals surface area contributed by atoms with Crippen LogP contribution in [0.2, 0.25) is 0 Å². The van der Waals surface area contributed by atoms with E-state index in [1.807, 2.05) is 18.2 Å². The number of aromatic amines is 1. The third kappa shape index (κ3) is 1.64. The van der Waals surface area contributed by atoms with E-state index in [1.165, 1.54) is 0 Å². The van der Waals surface area contributed by atoms with Crippen LogP contribution in [0.25, 0.3) is 11.4 Å². The van der Waals surface area contributed by atoms with E-state index >= 15 is 0 Å². The molecule has 5 heteroatoms. The Balaban J connectivity index is 1.93. The first kappa shape index (κ1) is 10.4. The number of imidazole rings is 1. The molecule has 2 aromatic heterocycles. The number of nitrogens with one attached hydrogen (secondary N) is 1. The van der Waals surface area contributed by atoms with Crippen LogP contribution in [-0.2, 0) is 10.2 Å². The molecule has 88 valence electrons. The van der Waals surface area contributed by atoms with Crippen LogP contribution in [-0.4, -0.2) is 34.7 Å². The first-order valence-electron chi connectivity index (χ1n) is 5.59. The highest BCUT2D eigenvalue weighted by molar-refractivity contribution is 5.53. The molecular formula is C12H14N4O. The van der Waals surface area contributed by atoms with Crippen LogP contribution in [0, 0.1) is 0 Å². The number of nitrogens with zero attached hydrogens (tertiary/aromatic N) is 2. The van der Waals surface area contributed by atoms with Crippen LogP contribution < -0.4 is 5.73 Å². The highest BCUT2D eigenvalue weighted by atomic mass is 16.5. The largest absolute Gasteiger partial charge is 0.379 e. The Bertz CT molecular complexity index is 499. The molecular weight excluding hydrogens is 216 g/mol. The fourth-order valence-electron chi connectivity index (χ4n) is 1.94. The van der Waals surface area contributed by atoms with E-state index in [-0.39, 0.29) is 5.41 Å². The van der Waals surface area contributed by atoms with Crippen molar-refractivity contribution in [2.75, 3.05) is 19.8 Å². The van der Waals surface area contributed by atoms with Crippen LogP contribution in [0.1, 0.15) is 5.82 Å². The van der Waals surface area contributed by atoms with Crippen LogP contribution in [0.15, 0.2) is 30.6 Å². The fraction of sp³-hybridized carbons (Fsp3) is 0.333. The van der Waals surface area contributed by atoms with Gasteiger partial charge in [-0.2, -0.15) is 0 Å². The summed E-state index contributed by atoms with van der Waals surface area (Å²) in [4.78, 5) is 12.0. The molecule has 5 nitrogen and oxygen atoms in total. The number of pyridine rings is 1. The molecule has 2 aromatic rings. The Hall–Kier alpha value is -1.72. The van der Waals surface area contributed by atoms with Crippen molar-refractivity contribution in [2.45, 2.75) is 5.41 Å². The summed E-state index contributed by atoms with van der Waals surface area (Å²) in [6.07, 6.45) is 3.56. The summed E-state index contributed by atoms with van der Waals surface area (Å²) >= 11 is 0.